The molecule has 1 aliphatic heterocycles. The summed E-state index contributed by atoms with van der Waals surface area (Å²) in [6.45, 7) is 2.12. The fraction of sp³-hybridized carbons (Fsp3) is 0.250. The number of benzene rings is 1. The molecule has 0 saturated heterocycles. The van der Waals surface area contributed by atoms with Crippen LogP contribution in [-0.4, -0.2) is 30.3 Å². The molecule has 156 valence electrons. The molecule has 1 aliphatic rings. The number of sulfone groups is 1. The molecule has 4 rings (SSSR count). The minimum absolute atomic E-state index is 0.0128. The van der Waals surface area contributed by atoms with E-state index in [1.807, 2.05) is 18.4 Å². The van der Waals surface area contributed by atoms with Gasteiger partial charge < -0.3 is 5.32 Å². The standard InChI is InChI=1S/C20H20N4O4S2/c1-12-4-2-5-13(10-12)30(27,28)20-18-14(11-21-20)23-24-19(18)22-17(26)8-7-15(25)16-6-3-9-29-16/h2-6,9-10,20-21H,7-8,11H2,1H3,(H2,22,23,24,26). The number of hydrogen-bond donors (Lipinski definition) is 3. The molecule has 2 aromatic heterocycles. The van der Waals surface area contributed by atoms with E-state index in [1.54, 1.807) is 30.3 Å². The quantitative estimate of drug-likeness (QED) is 0.482. The maximum absolute atomic E-state index is 13.2. The van der Waals surface area contributed by atoms with Crippen LogP contribution < -0.4 is 10.6 Å². The molecule has 3 heterocycles. The van der Waals surface area contributed by atoms with E-state index in [2.05, 4.69) is 20.8 Å². The number of thiophene rings is 1. The number of ketones is 1. The molecule has 0 saturated carbocycles. The van der Waals surface area contributed by atoms with Crippen LogP contribution in [0, 0.1) is 6.92 Å². The van der Waals surface area contributed by atoms with Gasteiger partial charge in [0.2, 0.25) is 5.91 Å². The molecule has 1 atom stereocenters. The molecule has 0 aliphatic carbocycles. The van der Waals surface area contributed by atoms with Crippen molar-refractivity contribution in [1.29, 1.82) is 0 Å². The van der Waals surface area contributed by atoms with Gasteiger partial charge in [0.05, 0.1) is 21.0 Å². The first-order valence-electron chi connectivity index (χ1n) is 9.34. The van der Waals surface area contributed by atoms with Crippen LogP contribution in [0.2, 0.25) is 0 Å². The van der Waals surface area contributed by atoms with E-state index < -0.39 is 21.1 Å². The highest BCUT2D eigenvalue weighted by atomic mass is 32.2. The lowest BCUT2D eigenvalue weighted by Gasteiger charge is -2.15. The van der Waals surface area contributed by atoms with Crippen LogP contribution in [-0.2, 0) is 21.2 Å². The number of aromatic nitrogens is 2. The first-order chi connectivity index (χ1) is 14.4. The average molecular weight is 445 g/mol. The predicted molar refractivity (Wildman–Crippen MR) is 113 cm³/mol. The van der Waals surface area contributed by atoms with E-state index >= 15 is 0 Å². The number of amides is 1. The number of rotatable bonds is 7. The second-order valence-electron chi connectivity index (χ2n) is 7.04. The molecular weight excluding hydrogens is 424 g/mol. The van der Waals surface area contributed by atoms with Crippen molar-refractivity contribution in [2.45, 2.75) is 36.6 Å². The van der Waals surface area contributed by atoms with Crippen LogP contribution in [0.1, 0.15) is 44.7 Å². The highest BCUT2D eigenvalue weighted by Crippen LogP contribution is 2.37. The zero-order chi connectivity index (χ0) is 21.3. The number of anilines is 1. The van der Waals surface area contributed by atoms with Crippen LogP contribution in [0.25, 0.3) is 0 Å². The van der Waals surface area contributed by atoms with Crippen LogP contribution >= 0.6 is 11.3 Å². The van der Waals surface area contributed by atoms with Gasteiger partial charge in [0, 0.05) is 19.4 Å². The van der Waals surface area contributed by atoms with Crippen molar-refractivity contribution in [3.05, 3.63) is 63.5 Å². The third-order valence-electron chi connectivity index (χ3n) is 4.87. The molecule has 30 heavy (non-hydrogen) atoms. The molecule has 10 heteroatoms. The number of aromatic amines is 1. The largest absolute Gasteiger partial charge is 0.309 e. The minimum atomic E-state index is -3.73. The Balaban J connectivity index is 1.50. The molecule has 0 bridgehead atoms. The maximum Gasteiger partial charge on any atom is 0.226 e. The highest BCUT2D eigenvalue weighted by molar-refractivity contribution is 7.91. The third kappa shape index (κ3) is 3.93. The molecular formula is C20H20N4O4S2. The number of carbonyl (C=O) groups is 2. The zero-order valence-corrected chi connectivity index (χ0v) is 17.8. The van der Waals surface area contributed by atoms with Crippen molar-refractivity contribution in [3.63, 3.8) is 0 Å². The Kier molecular flexibility index (Phi) is 5.54. The fourth-order valence-electron chi connectivity index (χ4n) is 3.37. The van der Waals surface area contributed by atoms with E-state index in [0.29, 0.717) is 22.7 Å². The van der Waals surface area contributed by atoms with Gasteiger partial charge in [-0.2, -0.15) is 5.10 Å². The Labute approximate surface area is 177 Å². The number of carbonyl (C=O) groups excluding carboxylic acids is 2. The van der Waals surface area contributed by atoms with E-state index in [1.165, 1.54) is 11.3 Å². The number of Topliss-reactive ketones (excluding diaryl/α,β-unsaturated/α-hetero) is 1. The molecule has 0 fully saturated rings. The van der Waals surface area contributed by atoms with Gasteiger partial charge in [0.25, 0.3) is 0 Å². The molecule has 1 amide bonds. The van der Waals surface area contributed by atoms with Gasteiger partial charge in [0.1, 0.15) is 5.37 Å². The Hall–Kier alpha value is -2.82. The Morgan fingerprint density at radius 2 is 2.07 bits per heavy atom. The monoisotopic (exact) mass is 444 g/mol. The zero-order valence-electron chi connectivity index (χ0n) is 16.1. The Morgan fingerprint density at radius 3 is 2.80 bits per heavy atom. The summed E-state index contributed by atoms with van der Waals surface area (Å²) in [5.74, 6) is -0.327. The molecule has 0 spiro atoms. The van der Waals surface area contributed by atoms with E-state index in [4.69, 9.17) is 0 Å². The second kappa shape index (κ2) is 8.13. The van der Waals surface area contributed by atoms with Crippen molar-refractivity contribution in [2.75, 3.05) is 5.32 Å². The first kappa shape index (κ1) is 20.5. The van der Waals surface area contributed by atoms with Crippen LogP contribution in [0.4, 0.5) is 5.82 Å². The van der Waals surface area contributed by atoms with Crippen LogP contribution in [0.5, 0.6) is 0 Å². The third-order valence-corrected chi connectivity index (χ3v) is 7.72. The number of hydrogen-bond acceptors (Lipinski definition) is 7. The summed E-state index contributed by atoms with van der Waals surface area (Å²) in [7, 11) is -3.73. The van der Waals surface area contributed by atoms with Gasteiger partial charge in [-0.25, -0.2) is 8.42 Å². The van der Waals surface area contributed by atoms with Crippen molar-refractivity contribution < 1.29 is 18.0 Å². The maximum atomic E-state index is 13.2. The summed E-state index contributed by atoms with van der Waals surface area (Å²) in [5.41, 5.74) is 1.86. The summed E-state index contributed by atoms with van der Waals surface area (Å²) < 4.78 is 26.3. The lowest BCUT2D eigenvalue weighted by molar-refractivity contribution is -0.116. The predicted octanol–water partition coefficient (Wildman–Crippen LogP) is 2.96. The van der Waals surface area contributed by atoms with Gasteiger partial charge in [-0.1, -0.05) is 18.2 Å². The van der Waals surface area contributed by atoms with Gasteiger partial charge in [-0.3, -0.25) is 20.0 Å². The number of nitrogens with zero attached hydrogens (tertiary/aromatic N) is 1. The summed E-state index contributed by atoms with van der Waals surface area (Å²) in [6, 6.07) is 10.2. The highest BCUT2D eigenvalue weighted by Gasteiger charge is 2.38. The summed E-state index contributed by atoms with van der Waals surface area (Å²) >= 11 is 1.33. The van der Waals surface area contributed by atoms with Crippen molar-refractivity contribution in [3.8, 4) is 0 Å². The number of fused-ring (bicyclic) bond motifs is 1. The molecule has 1 unspecified atom stereocenters. The van der Waals surface area contributed by atoms with Gasteiger partial charge in [-0.05, 0) is 36.1 Å². The topological polar surface area (TPSA) is 121 Å². The lowest BCUT2D eigenvalue weighted by atomic mass is 10.2. The molecule has 0 radical (unpaired) electrons. The average Bonchev–Trinajstić information content (AvgIpc) is 3.45. The van der Waals surface area contributed by atoms with Crippen molar-refractivity contribution >= 4 is 38.7 Å². The summed E-state index contributed by atoms with van der Waals surface area (Å²) in [4.78, 5) is 25.3. The Bertz CT molecular complexity index is 1200. The Morgan fingerprint density at radius 1 is 1.23 bits per heavy atom. The molecule has 1 aromatic carbocycles. The van der Waals surface area contributed by atoms with Crippen molar-refractivity contribution in [1.82, 2.24) is 15.5 Å². The van der Waals surface area contributed by atoms with E-state index in [0.717, 1.165) is 5.56 Å². The molecule has 8 nitrogen and oxygen atoms in total. The normalized spacial score (nSPS) is 15.7. The molecule has 3 N–H and O–H groups in total. The van der Waals surface area contributed by atoms with Crippen LogP contribution in [0.3, 0.4) is 0 Å². The minimum Gasteiger partial charge on any atom is -0.309 e. The lowest BCUT2D eigenvalue weighted by Crippen LogP contribution is -2.24. The van der Waals surface area contributed by atoms with Gasteiger partial charge in [-0.15, -0.1) is 11.3 Å². The van der Waals surface area contributed by atoms with Crippen molar-refractivity contribution in [2.24, 2.45) is 0 Å². The SMILES string of the molecule is Cc1cccc(S(=O)(=O)C2NCc3[nH]nc(NC(=O)CCC(=O)c4cccs4)c32)c1. The second-order valence-corrected chi connectivity index (χ2v) is 10.0. The molecule has 3 aromatic rings. The van der Waals surface area contributed by atoms with Gasteiger partial charge >= 0.3 is 0 Å². The number of nitrogens with one attached hydrogen (secondary N) is 3. The first-order valence-corrected chi connectivity index (χ1v) is 11.8. The van der Waals surface area contributed by atoms with Gasteiger partial charge in [0.15, 0.2) is 21.4 Å². The fourth-order valence-corrected chi connectivity index (χ4v) is 5.82. The summed E-state index contributed by atoms with van der Waals surface area (Å²) in [6.07, 6.45) is 0.0589. The van der Waals surface area contributed by atoms with Crippen LogP contribution in [0.15, 0.2) is 46.7 Å². The number of aryl methyl sites for hydroxylation is 1. The van der Waals surface area contributed by atoms with E-state index in [-0.39, 0.29) is 29.3 Å². The smallest absolute Gasteiger partial charge is 0.226 e. The summed E-state index contributed by atoms with van der Waals surface area (Å²) in [5, 5.41) is 13.3. The number of H-pyrrole nitrogens is 1. The van der Waals surface area contributed by atoms with E-state index in [9.17, 15) is 18.0 Å².